The van der Waals surface area contributed by atoms with Crippen molar-refractivity contribution in [2.45, 2.75) is 32.2 Å². The molecule has 1 N–H and O–H groups in total. The van der Waals surface area contributed by atoms with Crippen LogP contribution in [0.25, 0.3) is 0 Å². The van der Waals surface area contributed by atoms with Gasteiger partial charge >= 0.3 is 0 Å². The Morgan fingerprint density at radius 1 is 0.944 bits per heavy atom. The molecule has 3 rings (SSSR count). The van der Waals surface area contributed by atoms with E-state index in [-0.39, 0.29) is 22.2 Å². The smallest absolute Gasteiger partial charge is 0.264 e. The van der Waals surface area contributed by atoms with E-state index in [9.17, 15) is 13.2 Å². The molecule has 0 saturated heterocycles. The van der Waals surface area contributed by atoms with Crippen molar-refractivity contribution in [2.75, 3.05) is 35.9 Å². The fraction of sp³-hybridized carbons (Fsp3) is 0.296. The van der Waals surface area contributed by atoms with Crippen molar-refractivity contribution in [2.24, 2.45) is 0 Å². The number of hydrogen-bond acceptors (Lipinski definition) is 5. The van der Waals surface area contributed by atoms with Gasteiger partial charge in [-0.3, -0.25) is 9.10 Å². The molecule has 192 valence electrons. The van der Waals surface area contributed by atoms with Gasteiger partial charge in [0.2, 0.25) is 5.91 Å². The molecule has 9 heteroatoms. The first kappa shape index (κ1) is 27.4. The highest BCUT2D eigenvalue weighted by Gasteiger charge is 2.27. The summed E-state index contributed by atoms with van der Waals surface area (Å²) < 4.78 is 33.3. The van der Waals surface area contributed by atoms with Crippen LogP contribution < -0.4 is 19.3 Å². The minimum Gasteiger partial charge on any atom is -0.495 e. The van der Waals surface area contributed by atoms with Gasteiger partial charge in [-0.2, -0.15) is 0 Å². The number of carbonyl (C=O) groups excluding carboxylic acids is 1. The van der Waals surface area contributed by atoms with E-state index in [4.69, 9.17) is 16.3 Å². The first-order valence-corrected chi connectivity index (χ1v) is 13.5. The largest absolute Gasteiger partial charge is 0.495 e. The van der Waals surface area contributed by atoms with E-state index >= 15 is 0 Å². The molecule has 0 spiro atoms. The Labute approximate surface area is 218 Å². The fourth-order valence-electron chi connectivity index (χ4n) is 3.76. The number of ether oxygens (including phenoxy) is 1. The Bertz CT molecular complexity index is 1280. The van der Waals surface area contributed by atoms with Crippen LogP contribution >= 0.6 is 11.6 Å². The minimum absolute atomic E-state index is 0.0832. The molecule has 0 aromatic heterocycles. The third-order valence-electron chi connectivity index (χ3n) is 5.87. The van der Waals surface area contributed by atoms with Gasteiger partial charge in [-0.15, -0.1) is 0 Å². The second-order valence-corrected chi connectivity index (χ2v) is 10.5. The average molecular weight is 530 g/mol. The molecule has 36 heavy (non-hydrogen) atoms. The number of halogens is 1. The number of rotatable bonds is 11. The minimum atomic E-state index is -4.04. The van der Waals surface area contributed by atoms with Crippen molar-refractivity contribution in [3.8, 4) is 5.75 Å². The van der Waals surface area contributed by atoms with E-state index in [0.29, 0.717) is 5.75 Å². The molecule has 0 unspecified atom stereocenters. The summed E-state index contributed by atoms with van der Waals surface area (Å²) >= 11 is 6.27. The molecule has 1 amide bonds. The van der Waals surface area contributed by atoms with Gasteiger partial charge < -0.3 is 15.0 Å². The van der Waals surface area contributed by atoms with Gasteiger partial charge in [0.15, 0.2) is 0 Å². The van der Waals surface area contributed by atoms with Crippen LogP contribution in [0.3, 0.4) is 0 Å². The lowest BCUT2D eigenvalue weighted by molar-refractivity contribution is -0.119. The Morgan fingerprint density at radius 3 is 2.11 bits per heavy atom. The van der Waals surface area contributed by atoms with Crippen molar-refractivity contribution in [3.63, 3.8) is 0 Å². The number of nitrogens with zero attached hydrogens (tertiary/aromatic N) is 2. The molecule has 0 bridgehead atoms. The third-order valence-corrected chi connectivity index (χ3v) is 7.96. The summed E-state index contributed by atoms with van der Waals surface area (Å²) in [4.78, 5) is 15.2. The molecule has 0 aliphatic carbocycles. The molecule has 0 aliphatic rings. The normalized spacial score (nSPS) is 11.1. The van der Waals surface area contributed by atoms with Gasteiger partial charge in [-0.1, -0.05) is 41.4 Å². The summed E-state index contributed by atoms with van der Waals surface area (Å²) in [5.74, 6) is -0.0313. The zero-order valence-corrected chi connectivity index (χ0v) is 22.6. The molecule has 3 aromatic rings. The zero-order chi connectivity index (χ0) is 26.3. The van der Waals surface area contributed by atoms with E-state index in [1.807, 2.05) is 31.2 Å². The van der Waals surface area contributed by atoms with Crippen LogP contribution in [0.15, 0.2) is 71.6 Å². The number of methoxy groups -OCH3 is 1. The average Bonchev–Trinajstić information content (AvgIpc) is 2.87. The number of hydrogen-bond donors (Lipinski definition) is 1. The lowest BCUT2D eigenvalue weighted by Gasteiger charge is -2.25. The van der Waals surface area contributed by atoms with Crippen molar-refractivity contribution in [1.29, 1.82) is 0 Å². The number of benzene rings is 3. The molecular formula is C27H32ClN3O4S. The summed E-state index contributed by atoms with van der Waals surface area (Å²) in [6.07, 6.45) is 0. The highest BCUT2D eigenvalue weighted by Crippen LogP contribution is 2.32. The summed E-state index contributed by atoms with van der Waals surface area (Å²) in [6.45, 7) is 7.77. The van der Waals surface area contributed by atoms with Crippen LogP contribution in [0, 0.1) is 6.92 Å². The van der Waals surface area contributed by atoms with Gasteiger partial charge in [0.25, 0.3) is 10.0 Å². The Kier molecular flexibility index (Phi) is 9.23. The number of amides is 1. The van der Waals surface area contributed by atoms with Crippen LogP contribution in [0.1, 0.15) is 25.0 Å². The van der Waals surface area contributed by atoms with Gasteiger partial charge in [0.05, 0.1) is 22.7 Å². The monoisotopic (exact) mass is 529 g/mol. The zero-order valence-electron chi connectivity index (χ0n) is 21.0. The van der Waals surface area contributed by atoms with Crippen molar-refractivity contribution in [3.05, 3.63) is 82.9 Å². The molecule has 0 atom stereocenters. The van der Waals surface area contributed by atoms with E-state index in [0.717, 1.165) is 34.2 Å². The van der Waals surface area contributed by atoms with Crippen LogP contribution in [0.5, 0.6) is 5.75 Å². The Hall–Kier alpha value is -3.23. The molecule has 3 aromatic carbocycles. The van der Waals surface area contributed by atoms with Gasteiger partial charge in [-0.25, -0.2) is 8.42 Å². The fourth-order valence-corrected chi connectivity index (χ4v) is 5.43. The standard InChI is InChI=1S/C27H32ClN3O4S/c1-5-30(6-2)22-11-9-21(10-12-22)18-29-27(32)19-31(23-13-16-26(35-4)25(28)17-23)36(33,34)24-14-7-20(3)8-15-24/h7-17H,5-6,18-19H2,1-4H3,(H,29,32). The maximum absolute atomic E-state index is 13.5. The Morgan fingerprint density at radius 2 is 1.56 bits per heavy atom. The highest BCUT2D eigenvalue weighted by molar-refractivity contribution is 7.92. The molecule has 7 nitrogen and oxygen atoms in total. The van der Waals surface area contributed by atoms with Crippen molar-refractivity contribution >= 4 is 38.9 Å². The Balaban J connectivity index is 1.82. The predicted octanol–water partition coefficient (Wildman–Crippen LogP) is 5.01. The number of anilines is 2. The maximum Gasteiger partial charge on any atom is 0.264 e. The summed E-state index contributed by atoms with van der Waals surface area (Å²) in [7, 11) is -2.56. The number of carbonyl (C=O) groups is 1. The molecule has 0 saturated carbocycles. The molecule has 0 radical (unpaired) electrons. The van der Waals surface area contributed by atoms with E-state index in [1.165, 1.54) is 25.3 Å². The quantitative estimate of drug-likeness (QED) is 0.377. The second kappa shape index (κ2) is 12.1. The van der Waals surface area contributed by atoms with Crippen LogP contribution in [-0.2, 0) is 21.4 Å². The van der Waals surface area contributed by atoms with E-state index < -0.39 is 22.5 Å². The molecule has 0 aliphatic heterocycles. The van der Waals surface area contributed by atoms with Crippen molar-refractivity contribution < 1.29 is 17.9 Å². The third kappa shape index (κ3) is 6.50. The van der Waals surface area contributed by atoms with Crippen LogP contribution in [-0.4, -0.2) is 41.1 Å². The second-order valence-electron chi connectivity index (χ2n) is 8.26. The van der Waals surface area contributed by atoms with E-state index in [2.05, 4.69) is 24.1 Å². The van der Waals surface area contributed by atoms with Crippen molar-refractivity contribution in [1.82, 2.24) is 5.32 Å². The molecule has 0 fully saturated rings. The van der Waals surface area contributed by atoms with Crippen LogP contribution in [0.2, 0.25) is 5.02 Å². The maximum atomic E-state index is 13.5. The first-order chi connectivity index (χ1) is 17.2. The highest BCUT2D eigenvalue weighted by atomic mass is 35.5. The molecular weight excluding hydrogens is 498 g/mol. The van der Waals surface area contributed by atoms with Gasteiger partial charge in [0.1, 0.15) is 12.3 Å². The summed E-state index contributed by atoms with van der Waals surface area (Å²) in [5.41, 5.74) is 3.22. The lowest BCUT2D eigenvalue weighted by atomic mass is 10.2. The number of nitrogens with one attached hydrogen (secondary N) is 1. The topological polar surface area (TPSA) is 79.0 Å². The summed E-state index contributed by atoms with van der Waals surface area (Å²) in [6, 6.07) is 19.0. The summed E-state index contributed by atoms with van der Waals surface area (Å²) in [5, 5.41) is 3.07. The van der Waals surface area contributed by atoms with Gasteiger partial charge in [-0.05, 0) is 68.8 Å². The first-order valence-electron chi connectivity index (χ1n) is 11.7. The predicted molar refractivity (Wildman–Crippen MR) is 146 cm³/mol. The lowest BCUT2D eigenvalue weighted by Crippen LogP contribution is -2.40. The SMILES string of the molecule is CCN(CC)c1ccc(CNC(=O)CN(c2ccc(OC)c(Cl)c2)S(=O)(=O)c2ccc(C)cc2)cc1. The van der Waals surface area contributed by atoms with E-state index in [1.54, 1.807) is 24.3 Å². The van der Waals surface area contributed by atoms with Crippen LogP contribution in [0.4, 0.5) is 11.4 Å². The number of sulfonamides is 1. The molecule has 0 heterocycles. The number of aryl methyl sites for hydroxylation is 1. The van der Waals surface area contributed by atoms with Gasteiger partial charge in [0, 0.05) is 25.3 Å².